The van der Waals surface area contributed by atoms with E-state index in [1.807, 2.05) is 47.4 Å². The lowest BCUT2D eigenvalue weighted by Crippen LogP contribution is -2.48. The van der Waals surface area contributed by atoms with Gasteiger partial charge in [0.2, 0.25) is 11.8 Å². The second-order valence-corrected chi connectivity index (χ2v) is 9.68. The van der Waals surface area contributed by atoms with E-state index < -0.39 is 0 Å². The molecule has 0 unspecified atom stereocenters. The molecule has 1 saturated heterocycles. The summed E-state index contributed by atoms with van der Waals surface area (Å²) < 4.78 is 0. The fourth-order valence-electron chi connectivity index (χ4n) is 4.25. The SMILES string of the molecule is CC(=O)NCCNc1cc(N2CCN(C(=O)/C=C/c3ccc(C(C)C)cc3)CC2)nc(-c2ccccc2)n1. The summed E-state index contributed by atoms with van der Waals surface area (Å²) in [4.78, 5) is 37.6. The number of benzene rings is 2. The Labute approximate surface area is 224 Å². The highest BCUT2D eigenvalue weighted by Gasteiger charge is 2.22. The average Bonchev–Trinajstić information content (AvgIpc) is 2.94. The van der Waals surface area contributed by atoms with Crippen molar-refractivity contribution in [2.24, 2.45) is 0 Å². The molecule has 3 aromatic rings. The van der Waals surface area contributed by atoms with Crippen LogP contribution in [0, 0.1) is 0 Å². The minimum atomic E-state index is -0.0635. The van der Waals surface area contributed by atoms with Gasteiger partial charge in [-0.25, -0.2) is 9.97 Å². The summed E-state index contributed by atoms with van der Waals surface area (Å²) in [5, 5.41) is 6.08. The third-order valence-electron chi connectivity index (χ3n) is 6.49. The van der Waals surface area contributed by atoms with Crippen molar-refractivity contribution in [2.75, 3.05) is 49.5 Å². The lowest BCUT2D eigenvalue weighted by molar-refractivity contribution is -0.126. The second-order valence-electron chi connectivity index (χ2n) is 9.68. The zero-order chi connectivity index (χ0) is 26.9. The Morgan fingerprint density at radius 2 is 1.66 bits per heavy atom. The Bertz CT molecular complexity index is 1250. The summed E-state index contributed by atoms with van der Waals surface area (Å²) in [6, 6.07) is 20.1. The molecule has 1 aliphatic rings. The zero-order valence-electron chi connectivity index (χ0n) is 22.4. The van der Waals surface area contributed by atoms with E-state index in [-0.39, 0.29) is 11.8 Å². The van der Waals surface area contributed by atoms with Crippen molar-refractivity contribution < 1.29 is 9.59 Å². The zero-order valence-corrected chi connectivity index (χ0v) is 22.4. The van der Waals surface area contributed by atoms with Gasteiger partial charge in [-0.2, -0.15) is 0 Å². The highest BCUT2D eigenvalue weighted by atomic mass is 16.2. The summed E-state index contributed by atoms with van der Waals surface area (Å²) in [5.41, 5.74) is 3.24. The number of piperazine rings is 1. The van der Waals surface area contributed by atoms with Crippen LogP contribution in [0.2, 0.25) is 0 Å². The Kier molecular flexibility index (Phi) is 9.08. The van der Waals surface area contributed by atoms with Crippen LogP contribution in [0.1, 0.15) is 37.8 Å². The first kappa shape index (κ1) is 26.9. The molecule has 1 fully saturated rings. The van der Waals surface area contributed by atoms with Crippen molar-refractivity contribution >= 4 is 29.5 Å². The Hall–Kier alpha value is -4.20. The van der Waals surface area contributed by atoms with Gasteiger partial charge in [0.1, 0.15) is 11.6 Å². The van der Waals surface area contributed by atoms with E-state index in [0.717, 1.165) is 16.9 Å². The molecule has 8 heteroatoms. The fourth-order valence-corrected chi connectivity index (χ4v) is 4.25. The normalized spacial score (nSPS) is 13.7. The minimum Gasteiger partial charge on any atom is -0.368 e. The Morgan fingerprint density at radius 3 is 2.32 bits per heavy atom. The molecule has 1 aliphatic heterocycles. The van der Waals surface area contributed by atoms with Crippen LogP contribution in [0.3, 0.4) is 0 Å². The van der Waals surface area contributed by atoms with Gasteiger partial charge in [0.25, 0.3) is 0 Å². The van der Waals surface area contributed by atoms with Crippen LogP contribution in [0.5, 0.6) is 0 Å². The smallest absolute Gasteiger partial charge is 0.246 e. The van der Waals surface area contributed by atoms with Crippen molar-refractivity contribution in [1.29, 1.82) is 0 Å². The molecule has 38 heavy (non-hydrogen) atoms. The molecule has 0 spiro atoms. The maximum atomic E-state index is 12.8. The predicted molar refractivity (Wildman–Crippen MR) is 153 cm³/mol. The van der Waals surface area contributed by atoms with Crippen molar-refractivity contribution in [3.63, 3.8) is 0 Å². The molecule has 198 valence electrons. The summed E-state index contributed by atoms with van der Waals surface area (Å²) in [6.45, 7) is 9.49. The van der Waals surface area contributed by atoms with Crippen molar-refractivity contribution in [1.82, 2.24) is 20.2 Å². The predicted octanol–water partition coefficient (Wildman–Crippen LogP) is 4.18. The van der Waals surface area contributed by atoms with E-state index in [4.69, 9.17) is 9.97 Å². The maximum absolute atomic E-state index is 12.8. The molecule has 8 nitrogen and oxygen atoms in total. The van der Waals surface area contributed by atoms with Crippen LogP contribution in [-0.4, -0.2) is 66.0 Å². The van der Waals surface area contributed by atoms with Gasteiger partial charge in [0, 0.05) is 63.9 Å². The van der Waals surface area contributed by atoms with Crippen molar-refractivity contribution in [3.05, 3.63) is 77.9 Å². The summed E-state index contributed by atoms with van der Waals surface area (Å²) in [6.07, 6.45) is 3.55. The van der Waals surface area contributed by atoms with Crippen molar-refractivity contribution in [2.45, 2.75) is 26.7 Å². The number of anilines is 2. The fraction of sp³-hybridized carbons (Fsp3) is 0.333. The number of carbonyl (C=O) groups excluding carboxylic acids is 2. The lowest BCUT2D eigenvalue weighted by atomic mass is 10.0. The average molecular weight is 513 g/mol. The van der Waals surface area contributed by atoms with E-state index in [1.165, 1.54) is 12.5 Å². The molecule has 2 aromatic carbocycles. The Balaban J connectivity index is 1.40. The molecule has 0 saturated carbocycles. The number of rotatable bonds is 9. The quantitative estimate of drug-likeness (QED) is 0.330. The Morgan fingerprint density at radius 1 is 0.947 bits per heavy atom. The summed E-state index contributed by atoms with van der Waals surface area (Å²) in [7, 11) is 0. The first-order chi connectivity index (χ1) is 18.4. The molecule has 0 radical (unpaired) electrons. The molecule has 2 amide bonds. The van der Waals surface area contributed by atoms with Gasteiger partial charge in [0.05, 0.1) is 0 Å². The van der Waals surface area contributed by atoms with E-state index in [9.17, 15) is 9.59 Å². The number of hydrogen-bond donors (Lipinski definition) is 2. The van der Waals surface area contributed by atoms with Gasteiger partial charge >= 0.3 is 0 Å². The number of carbonyl (C=O) groups is 2. The monoisotopic (exact) mass is 512 g/mol. The van der Waals surface area contributed by atoms with Gasteiger partial charge in [-0.3, -0.25) is 9.59 Å². The van der Waals surface area contributed by atoms with Crippen LogP contribution >= 0.6 is 0 Å². The summed E-state index contributed by atoms with van der Waals surface area (Å²) in [5.74, 6) is 2.59. The van der Waals surface area contributed by atoms with E-state index in [2.05, 4.69) is 53.6 Å². The molecule has 4 rings (SSSR count). The number of hydrogen-bond acceptors (Lipinski definition) is 6. The molecule has 2 heterocycles. The second kappa shape index (κ2) is 12.9. The standard InChI is InChI=1S/C30H36N6O2/c1-22(2)25-12-9-24(10-13-25)11-14-29(38)36-19-17-35(18-20-36)28-21-27(32-16-15-31-23(3)37)33-30(34-28)26-7-5-4-6-8-26/h4-14,21-22H,15-20H2,1-3H3,(H,31,37)(H,32,33,34)/b14-11+. The minimum absolute atomic E-state index is 0.0191. The topological polar surface area (TPSA) is 90.5 Å². The third kappa shape index (κ3) is 7.41. The number of aromatic nitrogens is 2. The van der Waals surface area contributed by atoms with Gasteiger partial charge in [-0.15, -0.1) is 0 Å². The maximum Gasteiger partial charge on any atom is 0.246 e. The molecule has 2 N–H and O–H groups in total. The molecule has 0 aliphatic carbocycles. The number of nitrogens with one attached hydrogen (secondary N) is 2. The summed E-state index contributed by atoms with van der Waals surface area (Å²) >= 11 is 0. The number of nitrogens with zero attached hydrogens (tertiary/aromatic N) is 4. The van der Waals surface area contributed by atoms with Gasteiger partial charge in [-0.05, 0) is 23.1 Å². The largest absolute Gasteiger partial charge is 0.368 e. The molecular weight excluding hydrogens is 476 g/mol. The lowest BCUT2D eigenvalue weighted by Gasteiger charge is -2.35. The van der Waals surface area contributed by atoms with Crippen LogP contribution in [0.25, 0.3) is 17.5 Å². The first-order valence-corrected chi connectivity index (χ1v) is 13.1. The van der Waals surface area contributed by atoms with Crippen LogP contribution in [0.15, 0.2) is 66.7 Å². The highest BCUT2D eigenvalue weighted by Crippen LogP contribution is 2.23. The van der Waals surface area contributed by atoms with Crippen LogP contribution < -0.4 is 15.5 Å². The van der Waals surface area contributed by atoms with E-state index in [1.54, 1.807) is 6.08 Å². The van der Waals surface area contributed by atoms with Crippen LogP contribution in [0.4, 0.5) is 11.6 Å². The molecule has 1 aromatic heterocycles. The first-order valence-electron chi connectivity index (χ1n) is 13.1. The van der Waals surface area contributed by atoms with Gasteiger partial charge in [-0.1, -0.05) is 68.4 Å². The highest BCUT2D eigenvalue weighted by molar-refractivity contribution is 5.92. The van der Waals surface area contributed by atoms with E-state index in [0.29, 0.717) is 56.8 Å². The van der Waals surface area contributed by atoms with Gasteiger partial charge < -0.3 is 20.4 Å². The number of amides is 2. The van der Waals surface area contributed by atoms with Crippen LogP contribution in [-0.2, 0) is 9.59 Å². The van der Waals surface area contributed by atoms with E-state index >= 15 is 0 Å². The third-order valence-corrected chi connectivity index (χ3v) is 6.49. The molecule has 0 bridgehead atoms. The van der Waals surface area contributed by atoms with Gasteiger partial charge in [0.15, 0.2) is 5.82 Å². The molecule has 0 atom stereocenters. The molecular formula is C30H36N6O2. The van der Waals surface area contributed by atoms with Crippen molar-refractivity contribution in [3.8, 4) is 11.4 Å².